The highest BCUT2D eigenvalue weighted by Crippen LogP contribution is 2.22. The predicted molar refractivity (Wildman–Crippen MR) is 69.1 cm³/mol. The normalized spacial score (nSPS) is 14.4. The van der Waals surface area contributed by atoms with E-state index in [2.05, 4.69) is 6.58 Å². The Morgan fingerprint density at radius 2 is 1.75 bits per heavy atom. The molecule has 0 saturated heterocycles. The van der Waals surface area contributed by atoms with Crippen LogP contribution in [-0.2, 0) is 4.79 Å². The van der Waals surface area contributed by atoms with Crippen molar-refractivity contribution in [3.63, 3.8) is 0 Å². The van der Waals surface area contributed by atoms with Gasteiger partial charge in [-0.15, -0.1) is 6.58 Å². The Morgan fingerprint density at radius 1 is 1.31 bits per heavy atom. The number of nitrogens with two attached hydrogens (primary N) is 1. The first-order valence-corrected chi connectivity index (χ1v) is 5.69. The summed E-state index contributed by atoms with van der Waals surface area (Å²) in [5.74, 6) is -0.0140. The first-order valence-electron chi connectivity index (χ1n) is 5.69. The maximum atomic E-state index is 12.3. The van der Waals surface area contributed by atoms with Crippen LogP contribution in [0.15, 0.2) is 12.7 Å². The van der Waals surface area contributed by atoms with Crippen LogP contribution in [0.4, 0.5) is 0 Å². The molecule has 0 fully saturated rings. The molecule has 0 unspecified atom stereocenters. The van der Waals surface area contributed by atoms with Gasteiger partial charge in [-0.2, -0.15) is 0 Å². The van der Waals surface area contributed by atoms with Crippen LogP contribution < -0.4 is 5.73 Å². The van der Waals surface area contributed by atoms with Gasteiger partial charge in [0.25, 0.3) is 0 Å². The van der Waals surface area contributed by atoms with Gasteiger partial charge in [-0.3, -0.25) is 4.79 Å². The van der Waals surface area contributed by atoms with Crippen molar-refractivity contribution in [2.45, 2.75) is 53.1 Å². The van der Waals surface area contributed by atoms with Crippen LogP contribution in [0.3, 0.4) is 0 Å². The average Bonchev–Trinajstić information content (AvgIpc) is 2.08. The predicted octanol–water partition coefficient (Wildman–Crippen LogP) is 2.17. The zero-order valence-electron chi connectivity index (χ0n) is 11.5. The lowest BCUT2D eigenvalue weighted by Gasteiger charge is -2.39. The molecule has 0 rings (SSSR count). The van der Waals surface area contributed by atoms with Gasteiger partial charge in [-0.05, 0) is 26.2 Å². The number of hydrogen-bond acceptors (Lipinski definition) is 2. The minimum Gasteiger partial charge on any atom is -0.333 e. The summed E-state index contributed by atoms with van der Waals surface area (Å²) in [4.78, 5) is 14.1. The molecule has 0 aromatic heterocycles. The summed E-state index contributed by atoms with van der Waals surface area (Å²) in [6.45, 7) is 16.2. The van der Waals surface area contributed by atoms with E-state index in [-0.39, 0.29) is 16.9 Å². The second-order valence-corrected chi connectivity index (χ2v) is 6.25. The van der Waals surface area contributed by atoms with Gasteiger partial charge in [-0.25, -0.2) is 0 Å². The monoisotopic (exact) mass is 226 g/mol. The van der Waals surface area contributed by atoms with E-state index in [1.165, 1.54) is 0 Å². The fourth-order valence-electron chi connectivity index (χ4n) is 1.36. The first-order chi connectivity index (χ1) is 7.01. The summed E-state index contributed by atoms with van der Waals surface area (Å²) in [5.41, 5.74) is 5.55. The Labute approximate surface area is 99.7 Å². The van der Waals surface area contributed by atoms with Crippen molar-refractivity contribution >= 4 is 5.91 Å². The van der Waals surface area contributed by atoms with Crippen molar-refractivity contribution in [1.29, 1.82) is 0 Å². The number of nitrogens with zero attached hydrogens (tertiary/aromatic N) is 1. The summed E-state index contributed by atoms with van der Waals surface area (Å²) in [6, 6.07) is -0.480. The van der Waals surface area contributed by atoms with E-state index in [0.717, 1.165) is 0 Å². The van der Waals surface area contributed by atoms with Crippen LogP contribution >= 0.6 is 0 Å². The Hall–Kier alpha value is -0.830. The number of rotatable bonds is 3. The molecule has 0 radical (unpaired) electrons. The van der Waals surface area contributed by atoms with Crippen LogP contribution in [-0.4, -0.2) is 28.9 Å². The summed E-state index contributed by atoms with van der Waals surface area (Å²) in [6.07, 6.45) is 1.73. The maximum Gasteiger partial charge on any atom is 0.240 e. The smallest absolute Gasteiger partial charge is 0.240 e. The molecule has 16 heavy (non-hydrogen) atoms. The molecule has 3 heteroatoms. The molecule has 0 aliphatic heterocycles. The molecule has 1 amide bonds. The van der Waals surface area contributed by atoms with Crippen LogP contribution in [0.2, 0.25) is 0 Å². The molecule has 1 atom stereocenters. The molecular formula is C13H26N2O. The largest absolute Gasteiger partial charge is 0.333 e. The van der Waals surface area contributed by atoms with Gasteiger partial charge in [0.1, 0.15) is 0 Å². The highest BCUT2D eigenvalue weighted by molar-refractivity contribution is 5.83. The van der Waals surface area contributed by atoms with E-state index in [4.69, 9.17) is 5.73 Å². The minimum absolute atomic E-state index is 0.0140. The first kappa shape index (κ1) is 15.2. The molecule has 0 spiro atoms. The number of amides is 1. The van der Waals surface area contributed by atoms with E-state index < -0.39 is 6.04 Å². The highest BCUT2D eigenvalue weighted by Gasteiger charge is 2.34. The van der Waals surface area contributed by atoms with Crippen LogP contribution in [0.25, 0.3) is 0 Å². The minimum atomic E-state index is -0.480. The van der Waals surface area contributed by atoms with Crippen molar-refractivity contribution in [1.82, 2.24) is 4.90 Å². The van der Waals surface area contributed by atoms with Gasteiger partial charge >= 0.3 is 0 Å². The second-order valence-electron chi connectivity index (χ2n) is 6.25. The fraction of sp³-hybridized carbons (Fsp3) is 0.769. The van der Waals surface area contributed by atoms with Gasteiger partial charge < -0.3 is 10.6 Å². The van der Waals surface area contributed by atoms with Gasteiger partial charge in [0.15, 0.2) is 0 Å². The lowest BCUT2D eigenvalue weighted by Crippen LogP contribution is -2.56. The number of hydrogen-bond donors (Lipinski definition) is 1. The molecule has 0 aliphatic carbocycles. The highest BCUT2D eigenvalue weighted by atomic mass is 16.2. The molecule has 2 N–H and O–H groups in total. The standard InChI is InChI=1S/C13H26N2O/c1-8-9-15(13(5,6)7)11(16)10(14)12(2,3)4/h8,10H,1,9,14H2,2-7H3/t10-/m0/s1. The SMILES string of the molecule is C=CCN(C(=O)[C@H](N)C(C)(C)C)C(C)(C)C. The second kappa shape index (κ2) is 5.00. The molecule has 0 bridgehead atoms. The van der Waals surface area contributed by atoms with Crippen LogP contribution in [0, 0.1) is 5.41 Å². The van der Waals surface area contributed by atoms with Crippen molar-refractivity contribution in [3.05, 3.63) is 12.7 Å². The van der Waals surface area contributed by atoms with E-state index >= 15 is 0 Å². The third-order valence-corrected chi connectivity index (χ3v) is 2.59. The van der Waals surface area contributed by atoms with Gasteiger partial charge in [0.05, 0.1) is 6.04 Å². The van der Waals surface area contributed by atoms with Gasteiger partial charge in [-0.1, -0.05) is 26.8 Å². The summed E-state index contributed by atoms with van der Waals surface area (Å²) in [5, 5.41) is 0. The fourth-order valence-corrected chi connectivity index (χ4v) is 1.36. The third kappa shape index (κ3) is 3.97. The molecular weight excluding hydrogens is 200 g/mol. The lowest BCUT2D eigenvalue weighted by molar-refractivity contribution is -0.139. The summed E-state index contributed by atoms with van der Waals surface area (Å²) in [7, 11) is 0. The third-order valence-electron chi connectivity index (χ3n) is 2.59. The van der Waals surface area contributed by atoms with Crippen molar-refractivity contribution < 1.29 is 4.79 Å². The Kier molecular flexibility index (Phi) is 4.74. The number of carbonyl (C=O) groups is 1. The quantitative estimate of drug-likeness (QED) is 0.750. The molecule has 3 nitrogen and oxygen atoms in total. The topological polar surface area (TPSA) is 46.3 Å². The van der Waals surface area contributed by atoms with E-state index in [9.17, 15) is 4.79 Å². The number of carbonyl (C=O) groups excluding carboxylic acids is 1. The molecule has 94 valence electrons. The van der Waals surface area contributed by atoms with E-state index in [1.54, 1.807) is 11.0 Å². The van der Waals surface area contributed by atoms with Crippen molar-refractivity contribution in [2.75, 3.05) is 6.54 Å². The lowest BCUT2D eigenvalue weighted by atomic mass is 9.85. The zero-order chi connectivity index (χ0) is 13.1. The van der Waals surface area contributed by atoms with Gasteiger partial charge in [0, 0.05) is 12.1 Å². The molecule has 0 aromatic carbocycles. The molecule has 0 heterocycles. The van der Waals surface area contributed by atoms with Crippen LogP contribution in [0.5, 0.6) is 0 Å². The Balaban J connectivity index is 4.96. The molecule has 0 aromatic rings. The molecule has 0 aliphatic rings. The summed E-state index contributed by atoms with van der Waals surface area (Å²) >= 11 is 0. The zero-order valence-corrected chi connectivity index (χ0v) is 11.5. The Morgan fingerprint density at radius 3 is 2.00 bits per heavy atom. The van der Waals surface area contributed by atoms with E-state index in [1.807, 2.05) is 41.5 Å². The van der Waals surface area contributed by atoms with Gasteiger partial charge in [0.2, 0.25) is 5.91 Å². The average molecular weight is 226 g/mol. The maximum absolute atomic E-state index is 12.3. The summed E-state index contributed by atoms with van der Waals surface area (Å²) < 4.78 is 0. The molecule has 0 saturated carbocycles. The Bertz CT molecular complexity index is 258. The van der Waals surface area contributed by atoms with Crippen molar-refractivity contribution in [2.24, 2.45) is 11.1 Å². The van der Waals surface area contributed by atoms with Crippen molar-refractivity contribution in [3.8, 4) is 0 Å². The van der Waals surface area contributed by atoms with Crippen LogP contribution in [0.1, 0.15) is 41.5 Å². The van der Waals surface area contributed by atoms with E-state index in [0.29, 0.717) is 6.54 Å².